The minimum absolute atomic E-state index is 0.642. The van der Waals surface area contributed by atoms with Crippen molar-refractivity contribution in [3.05, 3.63) is 0 Å². The van der Waals surface area contributed by atoms with Crippen LogP contribution in [0.2, 0.25) is 0 Å². The summed E-state index contributed by atoms with van der Waals surface area (Å²) < 4.78 is 82.5. The van der Waals surface area contributed by atoms with E-state index in [1.165, 1.54) is 0 Å². The maximum absolute atomic E-state index is 13.0. The number of hydrogen-bond donors (Lipinski definition) is 0. The van der Waals surface area contributed by atoms with Gasteiger partial charge >= 0.3 is 12.4 Å². The normalized spacial score (nSPS) is 39.1. The van der Waals surface area contributed by atoms with Crippen molar-refractivity contribution >= 4 is 0 Å². The summed E-state index contributed by atoms with van der Waals surface area (Å²) in [6.45, 7) is 0.812. The molecule has 0 bridgehead atoms. The highest BCUT2D eigenvalue weighted by molar-refractivity contribution is 5.37. The van der Waals surface area contributed by atoms with Crippen LogP contribution in [0.3, 0.4) is 0 Å². The van der Waals surface area contributed by atoms with Gasteiger partial charge in [0.2, 0.25) is 5.41 Å². The lowest BCUT2D eigenvalue weighted by atomic mass is 9.42. The van der Waals surface area contributed by atoms with Crippen molar-refractivity contribution in [1.29, 1.82) is 10.5 Å². The lowest BCUT2D eigenvalue weighted by Gasteiger charge is -2.60. The predicted molar refractivity (Wildman–Crippen MR) is 48.2 cm³/mol. The fraction of sp³-hybridized carbons (Fsp3) is 0.800. The third kappa shape index (κ3) is 1.42. The molecule has 1 saturated carbocycles. The van der Waals surface area contributed by atoms with Gasteiger partial charge in [0.1, 0.15) is 0 Å². The highest BCUT2D eigenvalue weighted by Gasteiger charge is 2.90. The molecule has 0 spiro atoms. The van der Waals surface area contributed by atoms with Gasteiger partial charge < -0.3 is 4.74 Å². The molecule has 0 aromatic heterocycles. The van der Waals surface area contributed by atoms with Crippen LogP contribution in [0.1, 0.15) is 6.92 Å². The molecule has 1 aliphatic rings. The number of halogens is 6. The first kappa shape index (κ1) is 15.6. The van der Waals surface area contributed by atoms with Gasteiger partial charge in [-0.1, -0.05) is 6.92 Å². The van der Waals surface area contributed by atoms with Gasteiger partial charge in [-0.2, -0.15) is 36.9 Å². The van der Waals surface area contributed by atoms with Crippen molar-refractivity contribution in [3.63, 3.8) is 0 Å². The number of nitriles is 2. The van der Waals surface area contributed by atoms with E-state index in [1.54, 1.807) is 0 Å². The van der Waals surface area contributed by atoms with E-state index in [2.05, 4.69) is 4.74 Å². The maximum Gasteiger partial charge on any atom is 0.411 e. The minimum Gasteiger partial charge on any atom is -0.379 e. The Bertz CT molecular complexity index is 459. The molecule has 0 aliphatic heterocycles. The Morgan fingerprint density at radius 3 is 1.53 bits per heavy atom. The van der Waals surface area contributed by atoms with E-state index in [4.69, 9.17) is 10.5 Å². The Labute approximate surface area is 104 Å². The molecule has 0 unspecified atom stereocenters. The van der Waals surface area contributed by atoms with Crippen molar-refractivity contribution in [2.45, 2.75) is 25.4 Å². The van der Waals surface area contributed by atoms with Gasteiger partial charge in [0.15, 0.2) is 5.41 Å². The number of methoxy groups -OCH3 is 1. The zero-order valence-electron chi connectivity index (χ0n) is 9.73. The lowest BCUT2D eigenvalue weighted by Crippen LogP contribution is -2.77. The first-order chi connectivity index (χ1) is 8.47. The molecule has 4 atom stereocenters. The van der Waals surface area contributed by atoms with Crippen molar-refractivity contribution in [1.82, 2.24) is 0 Å². The van der Waals surface area contributed by atoms with E-state index in [0.717, 1.165) is 14.0 Å². The molecule has 1 fully saturated rings. The lowest BCUT2D eigenvalue weighted by molar-refractivity contribution is -0.401. The molecule has 3 nitrogen and oxygen atoms in total. The van der Waals surface area contributed by atoms with E-state index in [9.17, 15) is 26.3 Å². The molecule has 0 heterocycles. The average molecular weight is 286 g/mol. The molecule has 19 heavy (non-hydrogen) atoms. The SMILES string of the molecule is CO[C@@H]1[C@@H](C)[C@](C#N)(C(F)(F)F)[C@]1(C#N)C(F)(F)F. The second-order valence-corrected chi connectivity index (χ2v) is 4.28. The van der Waals surface area contributed by atoms with Crippen molar-refractivity contribution < 1.29 is 31.1 Å². The number of alkyl halides is 6. The van der Waals surface area contributed by atoms with Crippen LogP contribution >= 0.6 is 0 Å². The Kier molecular flexibility index (Phi) is 3.28. The monoisotopic (exact) mass is 286 g/mol. The summed E-state index contributed by atoms with van der Waals surface area (Å²) in [5, 5.41) is 17.4. The van der Waals surface area contributed by atoms with E-state index in [0.29, 0.717) is 12.1 Å². The van der Waals surface area contributed by atoms with Crippen molar-refractivity contribution in [2.75, 3.05) is 7.11 Å². The topological polar surface area (TPSA) is 56.8 Å². The van der Waals surface area contributed by atoms with E-state index >= 15 is 0 Å². The minimum atomic E-state index is -5.54. The van der Waals surface area contributed by atoms with Gasteiger partial charge in [-0.15, -0.1) is 0 Å². The summed E-state index contributed by atoms with van der Waals surface area (Å²) in [6.07, 6.45) is -13.1. The third-order valence-corrected chi connectivity index (χ3v) is 3.69. The summed E-state index contributed by atoms with van der Waals surface area (Å²) in [5.74, 6) is -1.80. The highest BCUT2D eigenvalue weighted by atomic mass is 19.4. The summed E-state index contributed by atoms with van der Waals surface area (Å²) in [5.41, 5.74) is -7.74. The van der Waals surface area contributed by atoms with Crippen molar-refractivity contribution in [3.8, 4) is 12.1 Å². The predicted octanol–water partition coefficient (Wildman–Crippen LogP) is 2.80. The zero-order valence-corrected chi connectivity index (χ0v) is 9.73. The third-order valence-electron chi connectivity index (χ3n) is 3.69. The Balaban J connectivity index is 3.66. The van der Waals surface area contributed by atoms with E-state index in [1.807, 2.05) is 0 Å². The number of rotatable bonds is 1. The molecule has 0 radical (unpaired) electrons. The molecule has 9 heteroatoms. The molecule has 0 saturated heterocycles. The first-order valence-electron chi connectivity index (χ1n) is 4.96. The highest BCUT2D eigenvalue weighted by Crippen LogP contribution is 2.72. The molecule has 0 aromatic rings. The summed E-state index contributed by atoms with van der Waals surface area (Å²) >= 11 is 0. The quantitative estimate of drug-likeness (QED) is 0.696. The van der Waals surface area contributed by atoms with E-state index in [-0.39, 0.29) is 0 Å². The molecule has 0 amide bonds. The number of hydrogen-bond acceptors (Lipinski definition) is 3. The smallest absolute Gasteiger partial charge is 0.379 e. The van der Waals surface area contributed by atoms with Crippen LogP contribution in [0.25, 0.3) is 0 Å². The summed E-state index contributed by atoms with van der Waals surface area (Å²) in [7, 11) is 0.774. The molecule has 1 aliphatic carbocycles. The second kappa shape index (κ2) is 4.01. The van der Waals surface area contributed by atoms with Crippen LogP contribution in [-0.2, 0) is 4.74 Å². The van der Waals surface area contributed by atoms with Crippen LogP contribution < -0.4 is 0 Å². The summed E-state index contributed by atoms with van der Waals surface area (Å²) in [4.78, 5) is 0. The van der Waals surface area contributed by atoms with Crippen molar-refractivity contribution in [2.24, 2.45) is 16.7 Å². The number of nitrogens with zero attached hydrogens (tertiary/aromatic N) is 2. The molecule has 0 N–H and O–H groups in total. The Morgan fingerprint density at radius 1 is 0.947 bits per heavy atom. The number of ether oxygens (including phenoxy) is 1. The Morgan fingerprint density at radius 2 is 1.32 bits per heavy atom. The van der Waals surface area contributed by atoms with Crippen LogP contribution in [0.4, 0.5) is 26.3 Å². The zero-order chi connectivity index (χ0) is 15.3. The van der Waals surface area contributed by atoms with Gasteiger partial charge in [0.05, 0.1) is 18.2 Å². The van der Waals surface area contributed by atoms with Crippen LogP contribution in [0.15, 0.2) is 0 Å². The molecular formula is C10H8F6N2O. The van der Waals surface area contributed by atoms with Gasteiger partial charge in [0.25, 0.3) is 0 Å². The largest absolute Gasteiger partial charge is 0.411 e. The molecular weight excluding hydrogens is 278 g/mol. The van der Waals surface area contributed by atoms with E-state index < -0.39 is 35.2 Å². The van der Waals surface area contributed by atoms with Crippen LogP contribution in [0.5, 0.6) is 0 Å². The summed E-state index contributed by atoms with van der Waals surface area (Å²) in [6, 6.07) is 1.31. The standard InChI is InChI=1S/C10H8F6N2O/c1-5-6(19-2)8(4-18,10(14,15)16)7(5,3-17)9(11,12)13/h5-6H,1-2H3/t5-,6-,7+,8-/m1/s1. The second-order valence-electron chi connectivity index (χ2n) is 4.28. The van der Waals surface area contributed by atoms with Crippen LogP contribution in [0, 0.1) is 39.4 Å². The Hall–Kier alpha value is -1.48. The van der Waals surface area contributed by atoms with Gasteiger partial charge in [-0.3, -0.25) is 0 Å². The van der Waals surface area contributed by atoms with Gasteiger partial charge in [0, 0.05) is 13.0 Å². The fourth-order valence-electron chi connectivity index (χ4n) is 2.81. The van der Waals surface area contributed by atoms with Gasteiger partial charge in [-0.25, -0.2) is 0 Å². The molecule has 106 valence electrons. The molecule has 1 rings (SSSR count). The fourth-order valence-corrected chi connectivity index (χ4v) is 2.81. The molecule has 0 aromatic carbocycles. The van der Waals surface area contributed by atoms with Crippen LogP contribution in [-0.4, -0.2) is 25.6 Å². The maximum atomic E-state index is 13.0. The first-order valence-corrected chi connectivity index (χ1v) is 4.96. The van der Waals surface area contributed by atoms with Gasteiger partial charge in [-0.05, 0) is 0 Å². The average Bonchev–Trinajstić information content (AvgIpc) is 2.23.